The van der Waals surface area contributed by atoms with Crippen LogP contribution in [-0.2, 0) is 0 Å². The van der Waals surface area contributed by atoms with Gasteiger partial charge in [-0.15, -0.1) is 0 Å². The second-order valence-corrected chi connectivity index (χ2v) is 9.52. The number of hydrogen-bond acceptors (Lipinski definition) is 5. The van der Waals surface area contributed by atoms with Gasteiger partial charge in [-0.1, -0.05) is 19.1 Å². The molecule has 3 atom stereocenters. The average Bonchev–Trinajstić information content (AvgIpc) is 2.91. The molecule has 10 heteroatoms. The highest BCUT2D eigenvalue weighted by atomic mass is 19.1. The molecular formula is C28H30F2N4O4. The first-order chi connectivity index (χ1) is 18.2. The van der Waals surface area contributed by atoms with Crippen LogP contribution in [0.3, 0.4) is 0 Å². The van der Waals surface area contributed by atoms with Gasteiger partial charge in [-0.3, -0.25) is 4.79 Å². The molecule has 200 valence electrons. The van der Waals surface area contributed by atoms with Crippen molar-refractivity contribution in [3.05, 3.63) is 78.0 Å². The van der Waals surface area contributed by atoms with Crippen molar-refractivity contribution in [1.82, 2.24) is 14.8 Å². The summed E-state index contributed by atoms with van der Waals surface area (Å²) in [6.07, 6.45) is 1.01. The Morgan fingerprint density at radius 1 is 1.16 bits per heavy atom. The number of likely N-dealkylation sites (N-methyl/N-ethyl adjacent to an activating group) is 1. The molecule has 0 spiro atoms. The maximum Gasteiger partial charge on any atom is 0.321 e. The fraction of sp³-hybridized carbons (Fsp3) is 0.321. The van der Waals surface area contributed by atoms with E-state index in [0.717, 1.165) is 0 Å². The summed E-state index contributed by atoms with van der Waals surface area (Å²) >= 11 is 0. The van der Waals surface area contributed by atoms with Gasteiger partial charge in [0, 0.05) is 37.0 Å². The Kier molecular flexibility index (Phi) is 8.21. The molecule has 3 amide bonds. The number of nitrogens with one attached hydrogen (secondary N) is 1. The van der Waals surface area contributed by atoms with Gasteiger partial charge in [0.25, 0.3) is 5.91 Å². The molecule has 0 saturated heterocycles. The van der Waals surface area contributed by atoms with Gasteiger partial charge < -0.3 is 25.0 Å². The maximum absolute atomic E-state index is 13.6. The highest BCUT2D eigenvalue weighted by molar-refractivity contribution is 5.98. The fourth-order valence-electron chi connectivity index (χ4n) is 4.23. The highest BCUT2D eigenvalue weighted by Crippen LogP contribution is 2.30. The zero-order valence-corrected chi connectivity index (χ0v) is 21.4. The van der Waals surface area contributed by atoms with Gasteiger partial charge in [-0.2, -0.15) is 0 Å². The molecule has 8 nitrogen and oxygen atoms in total. The van der Waals surface area contributed by atoms with E-state index in [2.05, 4.69) is 10.3 Å². The number of rotatable bonds is 6. The molecule has 0 bridgehead atoms. The highest BCUT2D eigenvalue weighted by Gasteiger charge is 2.34. The molecule has 0 aliphatic carbocycles. The van der Waals surface area contributed by atoms with Gasteiger partial charge in [-0.05, 0) is 55.0 Å². The average molecular weight is 525 g/mol. The molecule has 2 aromatic carbocycles. The van der Waals surface area contributed by atoms with E-state index in [0.29, 0.717) is 16.8 Å². The summed E-state index contributed by atoms with van der Waals surface area (Å²) in [4.78, 5) is 33.8. The van der Waals surface area contributed by atoms with Crippen LogP contribution >= 0.6 is 0 Å². The van der Waals surface area contributed by atoms with Crippen molar-refractivity contribution in [3.63, 3.8) is 0 Å². The van der Waals surface area contributed by atoms with Crippen molar-refractivity contribution in [2.24, 2.45) is 5.92 Å². The van der Waals surface area contributed by atoms with Crippen LogP contribution in [0.15, 0.2) is 60.8 Å². The molecule has 3 aromatic rings. The van der Waals surface area contributed by atoms with Crippen molar-refractivity contribution in [2.75, 3.05) is 32.1 Å². The Hall–Kier alpha value is -4.05. The lowest BCUT2D eigenvalue weighted by atomic mass is 9.99. The van der Waals surface area contributed by atoms with Crippen molar-refractivity contribution in [3.8, 4) is 17.0 Å². The molecule has 2 heterocycles. The summed E-state index contributed by atoms with van der Waals surface area (Å²) in [7, 11) is 1.61. The number of amides is 3. The Balaban J connectivity index is 1.62. The number of carbonyl (C=O) groups is 2. The summed E-state index contributed by atoms with van der Waals surface area (Å²) in [5.41, 5.74) is 1.95. The number of fused-ring (bicyclic) bond motifs is 1. The van der Waals surface area contributed by atoms with E-state index in [1.54, 1.807) is 43.3 Å². The molecule has 0 radical (unpaired) electrons. The minimum atomic E-state index is -0.539. The molecule has 0 unspecified atom stereocenters. The minimum absolute atomic E-state index is 0.111. The second kappa shape index (κ2) is 11.6. The maximum atomic E-state index is 13.6. The number of urea groups is 1. The van der Waals surface area contributed by atoms with Crippen LogP contribution in [-0.4, -0.2) is 70.7 Å². The minimum Gasteiger partial charge on any atom is -0.472 e. The number of nitrogens with zero attached hydrogens (tertiary/aromatic N) is 3. The first-order valence-electron chi connectivity index (χ1n) is 12.3. The number of aliphatic hydroxyl groups excluding tert-OH is 1. The van der Waals surface area contributed by atoms with Crippen molar-refractivity contribution < 1.29 is 28.2 Å². The number of anilines is 1. The molecule has 1 aromatic heterocycles. The Morgan fingerprint density at radius 2 is 1.79 bits per heavy atom. The second-order valence-electron chi connectivity index (χ2n) is 9.52. The lowest BCUT2D eigenvalue weighted by Gasteiger charge is -2.37. The molecule has 0 fully saturated rings. The summed E-state index contributed by atoms with van der Waals surface area (Å²) in [5, 5.41) is 12.6. The van der Waals surface area contributed by atoms with Crippen LogP contribution in [0.2, 0.25) is 0 Å². The Bertz CT molecular complexity index is 1290. The molecular weight excluding hydrogens is 494 g/mol. The molecule has 38 heavy (non-hydrogen) atoms. The van der Waals surface area contributed by atoms with E-state index in [1.807, 2.05) is 6.92 Å². The Morgan fingerprint density at radius 3 is 2.42 bits per heavy atom. The Labute approximate surface area is 219 Å². The smallest absolute Gasteiger partial charge is 0.321 e. The van der Waals surface area contributed by atoms with Crippen molar-refractivity contribution >= 4 is 17.6 Å². The van der Waals surface area contributed by atoms with Crippen LogP contribution in [0.25, 0.3) is 11.1 Å². The predicted molar refractivity (Wildman–Crippen MR) is 139 cm³/mol. The van der Waals surface area contributed by atoms with Gasteiger partial charge in [0.2, 0.25) is 5.88 Å². The first-order valence-corrected chi connectivity index (χ1v) is 12.3. The van der Waals surface area contributed by atoms with E-state index in [9.17, 15) is 23.5 Å². The van der Waals surface area contributed by atoms with E-state index in [-0.39, 0.29) is 48.8 Å². The number of benzene rings is 2. The number of ether oxygens (including phenoxy) is 1. The SMILES string of the molecule is C[C@H]1CN([C@@H](C)CO)C(=O)c2cc(-c3ccc(F)cc3)cnc2O[C@@H]1CN(C)C(=O)Nc1ccc(F)cc1. The van der Waals surface area contributed by atoms with Crippen LogP contribution < -0.4 is 10.1 Å². The quantitative estimate of drug-likeness (QED) is 0.498. The van der Waals surface area contributed by atoms with Gasteiger partial charge in [0.05, 0.1) is 19.2 Å². The molecule has 4 rings (SSSR count). The topological polar surface area (TPSA) is 95.0 Å². The zero-order chi connectivity index (χ0) is 27.4. The van der Waals surface area contributed by atoms with E-state index in [1.165, 1.54) is 41.3 Å². The summed E-state index contributed by atoms with van der Waals surface area (Å²) in [5.74, 6) is -1.23. The largest absolute Gasteiger partial charge is 0.472 e. The number of hydrogen-bond donors (Lipinski definition) is 2. The third kappa shape index (κ3) is 6.08. The van der Waals surface area contributed by atoms with Gasteiger partial charge in [-0.25, -0.2) is 18.6 Å². The van der Waals surface area contributed by atoms with Crippen LogP contribution in [0.4, 0.5) is 19.3 Å². The summed E-state index contributed by atoms with van der Waals surface area (Å²) < 4.78 is 32.9. The zero-order valence-electron chi connectivity index (χ0n) is 21.4. The third-order valence-corrected chi connectivity index (χ3v) is 6.59. The van der Waals surface area contributed by atoms with Gasteiger partial charge >= 0.3 is 6.03 Å². The number of aromatic nitrogens is 1. The monoisotopic (exact) mass is 524 g/mol. The van der Waals surface area contributed by atoms with Gasteiger partial charge in [0.1, 0.15) is 23.3 Å². The first kappa shape index (κ1) is 27.0. The molecule has 2 N–H and O–H groups in total. The summed E-state index contributed by atoms with van der Waals surface area (Å²) in [6.45, 7) is 3.87. The standard InChI is InChI=1S/C28H30F2N4O4/c1-17-14-34(18(2)16-35)27(36)24-12-20(19-4-6-21(29)7-5-19)13-31-26(24)38-25(17)15-33(3)28(37)32-23-10-8-22(30)9-11-23/h4-13,17-18,25,35H,14-16H2,1-3H3,(H,32,37)/t17-,18-,25+/m0/s1. The molecule has 1 aliphatic rings. The van der Waals surface area contributed by atoms with Crippen molar-refractivity contribution in [1.29, 1.82) is 0 Å². The number of halogens is 2. The number of aliphatic hydroxyl groups is 1. The van der Waals surface area contributed by atoms with Crippen molar-refractivity contribution in [2.45, 2.75) is 26.0 Å². The predicted octanol–water partition coefficient (Wildman–Crippen LogP) is 4.41. The fourth-order valence-corrected chi connectivity index (χ4v) is 4.23. The molecule has 1 aliphatic heterocycles. The van der Waals surface area contributed by atoms with Crippen LogP contribution in [0.5, 0.6) is 5.88 Å². The van der Waals surface area contributed by atoms with E-state index in [4.69, 9.17) is 4.74 Å². The third-order valence-electron chi connectivity index (χ3n) is 6.59. The van der Waals surface area contributed by atoms with Crippen LogP contribution in [0.1, 0.15) is 24.2 Å². The summed E-state index contributed by atoms with van der Waals surface area (Å²) in [6, 6.07) is 12.1. The molecule has 0 saturated carbocycles. The lowest BCUT2D eigenvalue weighted by Crippen LogP contribution is -2.50. The van der Waals surface area contributed by atoms with E-state index < -0.39 is 24.0 Å². The number of carbonyl (C=O) groups excluding carboxylic acids is 2. The number of pyridine rings is 1. The normalized spacial score (nSPS) is 18.1. The lowest BCUT2D eigenvalue weighted by molar-refractivity contribution is 0.0356. The van der Waals surface area contributed by atoms with Gasteiger partial charge in [0.15, 0.2) is 0 Å². The van der Waals surface area contributed by atoms with E-state index >= 15 is 0 Å². The van der Waals surface area contributed by atoms with Crippen LogP contribution in [0, 0.1) is 17.6 Å².